The summed E-state index contributed by atoms with van der Waals surface area (Å²) >= 11 is 0. The molecule has 1 aromatic carbocycles. The molecule has 0 spiro atoms. The molecule has 0 amide bonds. The number of anilines is 1. The van der Waals surface area contributed by atoms with Crippen molar-refractivity contribution in [2.45, 2.75) is 0 Å². The standard InChI is InChI=1S/C18H13N5/c1-3-14-15(16-17(19)21-10-22-18(16)23(14)2)12-8-11-6-4-5-7-13(11)20-9-12/h1,4-10H,2H3,(H2,19,21,22). The zero-order chi connectivity index (χ0) is 16.0. The number of fused-ring (bicyclic) bond motifs is 2. The lowest BCUT2D eigenvalue weighted by Crippen LogP contribution is -1.95. The minimum absolute atomic E-state index is 0.412. The summed E-state index contributed by atoms with van der Waals surface area (Å²) in [6.07, 6.45) is 8.99. The average molecular weight is 299 g/mol. The molecule has 0 atom stereocenters. The van der Waals surface area contributed by atoms with Gasteiger partial charge in [-0.05, 0) is 12.1 Å². The number of aryl methyl sites for hydroxylation is 1. The molecular weight excluding hydrogens is 286 g/mol. The molecule has 0 aliphatic rings. The summed E-state index contributed by atoms with van der Waals surface area (Å²) in [6.45, 7) is 0. The first kappa shape index (κ1) is 13.3. The second-order valence-electron chi connectivity index (χ2n) is 5.30. The Morgan fingerprint density at radius 2 is 2.00 bits per heavy atom. The van der Waals surface area contributed by atoms with E-state index in [1.165, 1.54) is 6.33 Å². The molecule has 5 nitrogen and oxygen atoms in total. The number of terminal acetylenes is 1. The number of nitrogens with two attached hydrogens (primary N) is 1. The van der Waals surface area contributed by atoms with Gasteiger partial charge in [0.15, 0.2) is 0 Å². The highest BCUT2D eigenvalue weighted by atomic mass is 15.1. The van der Waals surface area contributed by atoms with E-state index in [2.05, 4.69) is 26.9 Å². The first-order chi connectivity index (χ1) is 11.2. The Morgan fingerprint density at radius 1 is 1.17 bits per heavy atom. The van der Waals surface area contributed by atoms with Crippen LogP contribution < -0.4 is 5.73 Å². The van der Waals surface area contributed by atoms with Gasteiger partial charge in [0.2, 0.25) is 0 Å². The third-order valence-corrected chi connectivity index (χ3v) is 4.01. The van der Waals surface area contributed by atoms with Gasteiger partial charge in [-0.2, -0.15) is 0 Å². The molecule has 0 unspecified atom stereocenters. The first-order valence-corrected chi connectivity index (χ1v) is 7.11. The third-order valence-electron chi connectivity index (χ3n) is 4.01. The van der Waals surface area contributed by atoms with Crippen LogP contribution >= 0.6 is 0 Å². The number of benzene rings is 1. The van der Waals surface area contributed by atoms with Crippen molar-refractivity contribution in [3.8, 4) is 23.5 Å². The molecular formula is C18H13N5. The van der Waals surface area contributed by atoms with Crippen LogP contribution in [0, 0.1) is 12.3 Å². The van der Waals surface area contributed by atoms with Gasteiger partial charge < -0.3 is 10.3 Å². The molecule has 5 heteroatoms. The Hall–Kier alpha value is -3.39. The van der Waals surface area contributed by atoms with Gasteiger partial charge in [-0.15, -0.1) is 6.42 Å². The van der Waals surface area contributed by atoms with Crippen LogP contribution in [0.1, 0.15) is 5.69 Å². The van der Waals surface area contributed by atoms with Crippen molar-refractivity contribution >= 4 is 27.8 Å². The summed E-state index contributed by atoms with van der Waals surface area (Å²) in [4.78, 5) is 12.9. The van der Waals surface area contributed by atoms with Gasteiger partial charge in [0, 0.05) is 29.8 Å². The van der Waals surface area contributed by atoms with E-state index in [4.69, 9.17) is 12.2 Å². The van der Waals surface area contributed by atoms with Crippen LogP contribution in [0.3, 0.4) is 0 Å². The highest BCUT2D eigenvalue weighted by molar-refractivity contribution is 6.04. The zero-order valence-corrected chi connectivity index (χ0v) is 12.5. The maximum absolute atomic E-state index is 6.09. The fourth-order valence-corrected chi connectivity index (χ4v) is 2.93. The van der Waals surface area contributed by atoms with Crippen LogP contribution in [0.15, 0.2) is 42.9 Å². The first-order valence-electron chi connectivity index (χ1n) is 7.11. The Labute approximate surface area is 132 Å². The summed E-state index contributed by atoms with van der Waals surface area (Å²) in [6, 6.07) is 10.0. The summed E-state index contributed by atoms with van der Waals surface area (Å²) in [5.41, 5.74) is 10.2. The highest BCUT2D eigenvalue weighted by Crippen LogP contribution is 2.36. The van der Waals surface area contributed by atoms with Crippen LogP contribution in [0.5, 0.6) is 0 Å². The molecule has 23 heavy (non-hydrogen) atoms. The Morgan fingerprint density at radius 3 is 2.83 bits per heavy atom. The minimum Gasteiger partial charge on any atom is -0.383 e. The second kappa shape index (κ2) is 4.82. The molecule has 0 saturated carbocycles. The van der Waals surface area contributed by atoms with E-state index in [-0.39, 0.29) is 0 Å². The Bertz CT molecular complexity index is 1100. The largest absolute Gasteiger partial charge is 0.383 e. The van der Waals surface area contributed by atoms with Gasteiger partial charge in [-0.3, -0.25) is 4.98 Å². The molecule has 3 aromatic heterocycles. The number of pyridine rings is 1. The monoisotopic (exact) mass is 299 g/mol. The number of hydrogen-bond donors (Lipinski definition) is 1. The maximum atomic E-state index is 6.09. The van der Waals surface area contributed by atoms with Crippen LogP contribution in [0.25, 0.3) is 33.1 Å². The quantitative estimate of drug-likeness (QED) is 0.549. The predicted octanol–water partition coefficient (Wildman–Crippen LogP) is 2.75. The van der Waals surface area contributed by atoms with Crippen molar-refractivity contribution in [1.82, 2.24) is 19.5 Å². The van der Waals surface area contributed by atoms with Gasteiger partial charge in [-0.1, -0.05) is 24.1 Å². The third kappa shape index (κ3) is 1.86. The van der Waals surface area contributed by atoms with Crippen LogP contribution in [0.2, 0.25) is 0 Å². The number of aromatic nitrogens is 4. The number of nitrogens with zero attached hydrogens (tertiary/aromatic N) is 4. The molecule has 0 saturated heterocycles. The van der Waals surface area contributed by atoms with Gasteiger partial charge >= 0.3 is 0 Å². The lowest BCUT2D eigenvalue weighted by atomic mass is 10.0. The lowest BCUT2D eigenvalue weighted by Gasteiger charge is -2.04. The summed E-state index contributed by atoms with van der Waals surface area (Å²) < 4.78 is 1.86. The Kier molecular flexibility index (Phi) is 2.78. The van der Waals surface area contributed by atoms with E-state index in [0.717, 1.165) is 27.4 Å². The summed E-state index contributed by atoms with van der Waals surface area (Å²) in [5, 5.41) is 1.81. The van der Waals surface area contributed by atoms with E-state index in [0.29, 0.717) is 17.2 Å². The number of nitrogen functional groups attached to an aromatic ring is 1. The van der Waals surface area contributed by atoms with Crippen LogP contribution in [-0.4, -0.2) is 19.5 Å². The van der Waals surface area contributed by atoms with Crippen molar-refractivity contribution in [3.63, 3.8) is 0 Å². The second-order valence-corrected chi connectivity index (χ2v) is 5.30. The fourth-order valence-electron chi connectivity index (χ4n) is 2.93. The van der Waals surface area contributed by atoms with Gasteiger partial charge in [-0.25, -0.2) is 9.97 Å². The summed E-state index contributed by atoms with van der Waals surface area (Å²) in [5.74, 6) is 3.15. The van der Waals surface area contributed by atoms with Crippen molar-refractivity contribution in [2.24, 2.45) is 7.05 Å². The van der Waals surface area contributed by atoms with Crippen LogP contribution in [-0.2, 0) is 7.05 Å². The van der Waals surface area contributed by atoms with E-state index in [1.807, 2.05) is 42.1 Å². The highest BCUT2D eigenvalue weighted by Gasteiger charge is 2.19. The number of rotatable bonds is 1. The molecule has 2 N–H and O–H groups in total. The molecule has 4 rings (SSSR count). The molecule has 4 aromatic rings. The molecule has 0 aliphatic heterocycles. The molecule has 3 heterocycles. The maximum Gasteiger partial charge on any atom is 0.146 e. The van der Waals surface area contributed by atoms with Crippen molar-refractivity contribution < 1.29 is 0 Å². The normalized spacial score (nSPS) is 11.0. The Balaban J connectivity index is 2.13. The smallest absolute Gasteiger partial charge is 0.146 e. The van der Waals surface area contributed by atoms with E-state index < -0.39 is 0 Å². The summed E-state index contributed by atoms with van der Waals surface area (Å²) in [7, 11) is 1.88. The van der Waals surface area contributed by atoms with E-state index >= 15 is 0 Å². The van der Waals surface area contributed by atoms with Crippen LogP contribution in [0.4, 0.5) is 5.82 Å². The van der Waals surface area contributed by atoms with E-state index in [9.17, 15) is 0 Å². The van der Waals surface area contributed by atoms with Gasteiger partial charge in [0.1, 0.15) is 23.5 Å². The molecule has 110 valence electrons. The average Bonchev–Trinajstić information content (AvgIpc) is 2.88. The number of para-hydroxylation sites is 1. The molecule has 0 aliphatic carbocycles. The SMILES string of the molecule is C#Cc1c(-c2cnc3ccccc3c2)c2c(N)ncnc2n1C. The van der Waals surface area contributed by atoms with Gasteiger partial charge in [0.25, 0.3) is 0 Å². The minimum atomic E-state index is 0.412. The van der Waals surface area contributed by atoms with Crippen molar-refractivity contribution in [1.29, 1.82) is 0 Å². The lowest BCUT2D eigenvalue weighted by molar-refractivity contribution is 0.929. The molecule has 0 bridgehead atoms. The fraction of sp³-hybridized carbons (Fsp3) is 0.0556. The van der Waals surface area contributed by atoms with Crippen molar-refractivity contribution in [2.75, 3.05) is 5.73 Å². The predicted molar refractivity (Wildman–Crippen MR) is 91.6 cm³/mol. The van der Waals surface area contributed by atoms with Gasteiger partial charge in [0.05, 0.1) is 10.9 Å². The molecule has 0 fully saturated rings. The number of hydrogen-bond acceptors (Lipinski definition) is 4. The topological polar surface area (TPSA) is 69.6 Å². The molecule has 0 radical (unpaired) electrons. The van der Waals surface area contributed by atoms with Crippen molar-refractivity contribution in [3.05, 3.63) is 48.5 Å². The van der Waals surface area contributed by atoms with E-state index in [1.54, 1.807) is 0 Å². The zero-order valence-electron chi connectivity index (χ0n) is 12.5.